The molecule has 0 aliphatic heterocycles. The predicted molar refractivity (Wildman–Crippen MR) is 62.5 cm³/mol. The molecule has 1 N–H and O–H groups in total. The van der Waals surface area contributed by atoms with Crippen molar-refractivity contribution in [3.63, 3.8) is 0 Å². The lowest BCUT2D eigenvalue weighted by atomic mass is 10.1. The molecule has 0 saturated carbocycles. The third kappa shape index (κ3) is 7.64. The van der Waals surface area contributed by atoms with Crippen molar-refractivity contribution in [2.24, 2.45) is 5.92 Å². The molecule has 0 saturated heterocycles. The van der Waals surface area contributed by atoms with Crippen LogP contribution in [0.5, 0.6) is 0 Å². The van der Waals surface area contributed by atoms with Gasteiger partial charge in [-0.1, -0.05) is 20.3 Å². The van der Waals surface area contributed by atoms with Gasteiger partial charge in [0, 0.05) is 13.0 Å². The molecule has 0 rings (SSSR count). The van der Waals surface area contributed by atoms with Gasteiger partial charge in [-0.2, -0.15) is 0 Å². The van der Waals surface area contributed by atoms with Crippen LogP contribution in [0.2, 0.25) is 0 Å². The average molecular weight is 251 g/mol. The quantitative estimate of drug-likeness (QED) is 0.651. The van der Waals surface area contributed by atoms with Crippen LogP contribution in [0.1, 0.15) is 33.1 Å². The van der Waals surface area contributed by atoms with Crippen LogP contribution in [0, 0.1) is 5.92 Å². The molecule has 0 aliphatic rings. The number of methoxy groups -OCH3 is 1. The van der Waals surface area contributed by atoms with Crippen LogP contribution in [0.25, 0.3) is 0 Å². The van der Waals surface area contributed by atoms with Crippen LogP contribution in [-0.4, -0.2) is 33.8 Å². The molecular formula is C10H21NO4S. The second-order valence-electron chi connectivity index (χ2n) is 3.86. The molecular weight excluding hydrogens is 230 g/mol. The molecule has 0 spiro atoms. The van der Waals surface area contributed by atoms with Crippen LogP contribution >= 0.6 is 0 Å². The zero-order valence-corrected chi connectivity index (χ0v) is 11.0. The van der Waals surface area contributed by atoms with Gasteiger partial charge >= 0.3 is 5.97 Å². The fraction of sp³-hybridized carbons (Fsp3) is 0.900. The molecule has 0 heterocycles. The van der Waals surface area contributed by atoms with E-state index in [-0.39, 0.29) is 18.1 Å². The molecule has 0 aromatic heterocycles. The highest BCUT2D eigenvalue weighted by molar-refractivity contribution is 7.89. The van der Waals surface area contributed by atoms with E-state index in [0.717, 1.165) is 6.42 Å². The van der Waals surface area contributed by atoms with Crippen LogP contribution in [0.4, 0.5) is 0 Å². The van der Waals surface area contributed by atoms with Crippen LogP contribution in [0.15, 0.2) is 0 Å². The summed E-state index contributed by atoms with van der Waals surface area (Å²) in [6.07, 6.45) is 1.37. The monoisotopic (exact) mass is 251 g/mol. The Morgan fingerprint density at radius 3 is 2.56 bits per heavy atom. The highest BCUT2D eigenvalue weighted by Crippen LogP contribution is 2.01. The molecule has 0 fully saturated rings. The maximum atomic E-state index is 11.5. The summed E-state index contributed by atoms with van der Waals surface area (Å²) in [4.78, 5) is 10.8. The number of nitrogens with one attached hydrogen (secondary N) is 1. The summed E-state index contributed by atoms with van der Waals surface area (Å²) in [5, 5.41) is 0. The third-order valence-electron chi connectivity index (χ3n) is 2.37. The van der Waals surface area contributed by atoms with Crippen molar-refractivity contribution in [2.45, 2.75) is 33.1 Å². The van der Waals surface area contributed by atoms with E-state index in [1.807, 2.05) is 13.8 Å². The van der Waals surface area contributed by atoms with E-state index in [9.17, 15) is 13.2 Å². The van der Waals surface area contributed by atoms with Gasteiger partial charge in [0.2, 0.25) is 10.0 Å². The van der Waals surface area contributed by atoms with Gasteiger partial charge in [0.1, 0.15) is 0 Å². The first-order chi connectivity index (χ1) is 7.41. The Morgan fingerprint density at radius 1 is 1.44 bits per heavy atom. The number of sulfonamides is 1. The lowest BCUT2D eigenvalue weighted by Crippen LogP contribution is -2.30. The van der Waals surface area contributed by atoms with Gasteiger partial charge in [0.05, 0.1) is 12.9 Å². The Balaban J connectivity index is 3.83. The molecule has 1 unspecified atom stereocenters. The molecule has 0 amide bonds. The topological polar surface area (TPSA) is 72.5 Å². The van der Waals surface area contributed by atoms with Crippen LogP contribution < -0.4 is 4.72 Å². The van der Waals surface area contributed by atoms with Crippen molar-refractivity contribution >= 4 is 16.0 Å². The minimum Gasteiger partial charge on any atom is -0.469 e. The van der Waals surface area contributed by atoms with Crippen molar-refractivity contribution in [1.82, 2.24) is 4.72 Å². The number of hydrogen-bond donors (Lipinski definition) is 1. The first-order valence-electron chi connectivity index (χ1n) is 5.45. The van der Waals surface area contributed by atoms with Gasteiger partial charge in [0.25, 0.3) is 0 Å². The normalized spacial score (nSPS) is 13.4. The van der Waals surface area contributed by atoms with Crippen LogP contribution in [-0.2, 0) is 19.6 Å². The summed E-state index contributed by atoms with van der Waals surface area (Å²) < 4.78 is 29.9. The van der Waals surface area contributed by atoms with Crippen molar-refractivity contribution in [1.29, 1.82) is 0 Å². The second-order valence-corrected chi connectivity index (χ2v) is 5.79. The smallest absolute Gasteiger partial charge is 0.305 e. The van der Waals surface area contributed by atoms with E-state index in [1.54, 1.807) is 0 Å². The largest absolute Gasteiger partial charge is 0.469 e. The summed E-state index contributed by atoms with van der Waals surface area (Å²) in [5.74, 6) is -0.0778. The van der Waals surface area contributed by atoms with E-state index in [1.165, 1.54) is 7.11 Å². The molecule has 0 aliphatic carbocycles. The first kappa shape index (κ1) is 15.4. The lowest BCUT2D eigenvalue weighted by molar-refractivity contribution is -0.140. The van der Waals surface area contributed by atoms with Gasteiger partial charge in [-0.25, -0.2) is 13.1 Å². The highest BCUT2D eigenvalue weighted by Gasteiger charge is 2.12. The fourth-order valence-corrected chi connectivity index (χ4v) is 2.20. The Kier molecular flexibility index (Phi) is 7.33. The van der Waals surface area contributed by atoms with Gasteiger partial charge < -0.3 is 4.74 Å². The van der Waals surface area contributed by atoms with Crippen molar-refractivity contribution < 1.29 is 17.9 Å². The van der Waals surface area contributed by atoms with Crippen molar-refractivity contribution in [3.05, 3.63) is 0 Å². The molecule has 0 radical (unpaired) electrons. The Morgan fingerprint density at radius 2 is 2.06 bits per heavy atom. The molecule has 16 heavy (non-hydrogen) atoms. The molecule has 6 heteroatoms. The number of carbonyl (C=O) groups excluding carboxylic acids is 1. The Bertz CT molecular complexity index is 300. The van der Waals surface area contributed by atoms with E-state index < -0.39 is 10.0 Å². The van der Waals surface area contributed by atoms with E-state index in [4.69, 9.17) is 0 Å². The molecule has 5 nitrogen and oxygen atoms in total. The summed E-state index contributed by atoms with van der Waals surface area (Å²) in [6.45, 7) is 4.45. The number of carbonyl (C=O) groups is 1. The number of hydrogen-bond acceptors (Lipinski definition) is 4. The van der Waals surface area contributed by atoms with Crippen molar-refractivity contribution in [2.75, 3.05) is 19.4 Å². The minimum absolute atomic E-state index is 0.0292. The molecule has 0 bridgehead atoms. The molecule has 0 aromatic rings. The average Bonchev–Trinajstić information content (AvgIpc) is 2.25. The second kappa shape index (κ2) is 7.62. The van der Waals surface area contributed by atoms with E-state index in [0.29, 0.717) is 18.9 Å². The maximum Gasteiger partial charge on any atom is 0.305 e. The van der Waals surface area contributed by atoms with E-state index >= 15 is 0 Å². The molecule has 1 atom stereocenters. The van der Waals surface area contributed by atoms with Gasteiger partial charge in [0.15, 0.2) is 0 Å². The van der Waals surface area contributed by atoms with Gasteiger partial charge in [-0.15, -0.1) is 0 Å². The number of ether oxygens (including phenoxy) is 1. The summed E-state index contributed by atoms with van der Waals surface area (Å²) in [5.41, 5.74) is 0. The zero-order valence-electron chi connectivity index (χ0n) is 10.2. The van der Waals surface area contributed by atoms with Gasteiger partial charge in [-0.05, 0) is 12.3 Å². The standard InChI is InChI=1S/C10H21NO4S/c1-4-9(2)8-11-16(13,14)7-5-6-10(12)15-3/h9,11H,4-8H2,1-3H3. The molecule has 96 valence electrons. The molecule has 0 aromatic carbocycles. The first-order valence-corrected chi connectivity index (χ1v) is 7.10. The minimum atomic E-state index is -3.25. The summed E-state index contributed by atoms with van der Waals surface area (Å²) in [6, 6.07) is 0. The lowest BCUT2D eigenvalue weighted by Gasteiger charge is -2.10. The third-order valence-corrected chi connectivity index (χ3v) is 3.80. The Hall–Kier alpha value is -0.620. The van der Waals surface area contributed by atoms with Crippen molar-refractivity contribution in [3.8, 4) is 0 Å². The zero-order chi connectivity index (χ0) is 12.6. The highest BCUT2D eigenvalue weighted by atomic mass is 32.2. The Labute approximate surface area is 97.6 Å². The van der Waals surface area contributed by atoms with Crippen LogP contribution in [0.3, 0.4) is 0 Å². The SMILES string of the molecule is CCC(C)CNS(=O)(=O)CCCC(=O)OC. The van der Waals surface area contributed by atoms with Gasteiger partial charge in [-0.3, -0.25) is 4.79 Å². The number of rotatable bonds is 8. The maximum absolute atomic E-state index is 11.5. The van der Waals surface area contributed by atoms with E-state index in [2.05, 4.69) is 9.46 Å². The summed E-state index contributed by atoms with van der Waals surface area (Å²) in [7, 11) is -1.96. The number of esters is 1. The predicted octanol–water partition coefficient (Wildman–Crippen LogP) is 0.905. The fourth-order valence-electron chi connectivity index (χ4n) is 0.994. The summed E-state index contributed by atoms with van der Waals surface area (Å²) >= 11 is 0.